The minimum atomic E-state index is -1.87. The number of carbonyl (C=O) groups excluding carboxylic acids is 5. The molecule has 4 N–H and O–H groups in total. The largest absolute Gasteiger partial charge is 0.495 e. The van der Waals surface area contributed by atoms with Crippen molar-refractivity contribution in [3.05, 3.63) is 82.5 Å². The molecule has 3 aromatic rings. The fourth-order valence-electron chi connectivity index (χ4n) is 9.07. The van der Waals surface area contributed by atoms with E-state index < -0.39 is 77.6 Å². The van der Waals surface area contributed by atoms with E-state index in [2.05, 4.69) is 26.7 Å². The molecule has 0 aliphatic carbocycles. The van der Waals surface area contributed by atoms with Crippen molar-refractivity contribution in [2.75, 3.05) is 47.3 Å². The SMILES string of the molecule is CNN(C)Cc1cc2ccccc2n1CCC(=O)NC(C)C(=O)N(C)[C@@H](C)C(=O)O[C@H]1CC(=O)N(C)c2cc(cc(OC)c2Cl)C/C(C)=C/C=C/[C@@H](OC)[C@@]2(O)C[C@H](OC(=O)N2)[C@@H](C)C2O[C@]21C. The van der Waals surface area contributed by atoms with Crippen LogP contribution in [0.3, 0.4) is 0 Å². The molecule has 18 nitrogen and oxygen atoms in total. The van der Waals surface area contributed by atoms with Crippen LogP contribution < -0.4 is 25.7 Å². The molecule has 0 saturated carbocycles. The summed E-state index contributed by atoms with van der Waals surface area (Å²) in [5, 5.41) is 20.3. The first-order chi connectivity index (χ1) is 32.1. The number of methoxy groups -OCH3 is 2. The highest BCUT2D eigenvalue weighted by molar-refractivity contribution is 6.35. The molecule has 3 aliphatic heterocycles. The van der Waals surface area contributed by atoms with Crippen molar-refractivity contribution in [2.45, 2.75) is 121 Å². The van der Waals surface area contributed by atoms with Crippen LogP contribution in [-0.4, -0.2) is 140 Å². The molecular formula is C49H66ClN7O11. The number of hydrogen-bond donors (Lipinski definition) is 4. The second-order valence-electron chi connectivity index (χ2n) is 18.3. The fraction of sp³-hybridized carbons (Fsp3) is 0.531. The van der Waals surface area contributed by atoms with Gasteiger partial charge in [-0.1, -0.05) is 60.5 Å². The number of carbonyl (C=O) groups is 5. The number of hydrazine groups is 1. The Labute approximate surface area is 402 Å². The number of esters is 1. The summed E-state index contributed by atoms with van der Waals surface area (Å²) in [6.45, 7) is 9.39. The lowest BCUT2D eigenvalue weighted by atomic mass is 9.83. The number of fused-ring (bicyclic) bond motifs is 6. The van der Waals surface area contributed by atoms with E-state index in [1.807, 2.05) is 56.4 Å². The normalized spacial score (nSPS) is 27.5. The second kappa shape index (κ2) is 21.4. The predicted molar refractivity (Wildman–Crippen MR) is 256 cm³/mol. The maximum absolute atomic E-state index is 14.4. The molecule has 4 amide bonds. The molecule has 9 atom stereocenters. The van der Waals surface area contributed by atoms with E-state index >= 15 is 0 Å². The Morgan fingerprint density at radius 2 is 1.84 bits per heavy atom. The number of nitrogens with one attached hydrogen (secondary N) is 3. The highest BCUT2D eigenvalue weighted by atomic mass is 35.5. The zero-order valence-electron chi connectivity index (χ0n) is 40.8. The van der Waals surface area contributed by atoms with Crippen LogP contribution in [0.2, 0.25) is 5.02 Å². The van der Waals surface area contributed by atoms with Crippen molar-refractivity contribution >= 4 is 58.0 Å². The summed E-state index contributed by atoms with van der Waals surface area (Å²) in [6, 6.07) is 11.4. The van der Waals surface area contributed by atoms with Crippen molar-refractivity contribution in [2.24, 2.45) is 5.92 Å². The molecule has 2 saturated heterocycles. The van der Waals surface area contributed by atoms with Gasteiger partial charge in [-0.25, -0.2) is 14.6 Å². The first-order valence-corrected chi connectivity index (χ1v) is 23.1. The average molecular weight is 965 g/mol. The molecule has 68 heavy (non-hydrogen) atoms. The van der Waals surface area contributed by atoms with Gasteiger partial charge in [0.2, 0.25) is 17.7 Å². The van der Waals surface area contributed by atoms with Crippen molar-refractivity contribution in [3.8, 4) is 5.75 Å². The molecule has 6 rings (SSSR count). The van der Waals surface area contributed by atoms with Crippen molar-refractivity contribution in [3.63, 3.8) is 0 Å². The van der Waals surface area contributed by atoms with Gasteiger partial charge in [0.05, 0.1) is 31.9 Å². The standard InChI is InChI=1S/C49H66ClN7O11/c1-28-15-14-18-39(65-11)49(63)26-38(66-47(62)53-49)29(2)44-48(5,68-44)40(25-42(59)56(9)36-22-32(21-28)23-37(64-10)43(36)50)67-46(61)31(4)55(8)45(60)30(3)52-41(58)19-20-57-34(27-54(7)51-6)24-33-16-12-13-17-35(33)57/h12-18,22-24,29-31,38-40,44,51,63H,19-21,25-27H2,1-11H3,(H,52,58)(H,53,62)/b18-14+,28-15+/t29-,30?,31+,38+,39-,40+,44?,48+,49+/m1/s1. The number of rotatable bonds is 13. The number of anilines is 1. The third-order valence-electron chi connectivity index (χ3n) is 13.5. The van der Waals surface area contributed by atoms with Crippen LogP contribution in [-0.2, 0) is 57.6 Å². The van der Waals surface area contributed by atoms with Crippen molar-refractivity contribution in [1.82, 2.24) is 30.5 Å². The number of benzene rings is 2. The number of alkyl carbamates (subject to hydrolysis) is 1. The number of aliphatic hydroxyl groups is 1. The summed E-state index contributed by atoms with van der Waals surface area (Å²) >= 11 is 6.83. The number of amides is 4. The Hall–Kier alpha value is -5.50. The zero-order chi connectivity index (χ0) is 49.8. The Morgan fingerprint density at radius 1 is 1.12 bits per heavy atom. The summed E-state index contributed by atoms with van der Waals surface area (Å²) < 4.78 is 31.6. The van der Waals surface area contributed by atoms with Gasteiger partial charge in [0.25, 0.3) is 0 Å². The van der Waals surface area contributed by atoms with Crippen LogP contribution >= 0.6 is 11.6 Å². The summed E-state index contributed by atoms with van der Waals surface area (Å²) in [5.41, 5.74) is 3.97. The van der Waals surface area contributed by atoms with E-state index in [1.165, 1.54) is 38.0 Å². The monoisotopic (exact) mass is 963 g/mol. The maximum atomic E-state index is 14.4. The number of aromatic nitrogens is 1. The van der Waals surface area contributed by atoms with Gasteiger partial charge in [0.15, 0.2) is 5.72 Å². The summed E-state index contributed by atoms with van der Waals surface area (Å²) in [6.07, 6.45) is 0.588. The fourth-order valence-corrected chi connectivity index (χ4v) is 9.38. The van der Waals surface area contributed by atoms with E-state index in [0.29, 0.717) is 30.9 Å². The van der Waals surface area contributed by atoms with E-state index in [4.69, 9.17) is 35.3 Å². The minimum absolute atomic E-state index is 0.0884. The number of likely N-dealkylation sites (N-methyl/N-ethyl adjacent to an activating group) is 1. The van der Waals surface area contributed by atoms with E-state index in [9.17, 15) is 29.1 Å². The van der Waals surface area contributed by atoms with E-state index in [0.717, 1.165) is 27.7 Å². The lowest BCUT2D eigenvalue weighted by Crippen LogP contribution is -2.63. The van der Waals surface area contributed by atoms with Crippen LogP contribution in [0, 0.1) is 5.92 Å². The van der Waals surface area contributed by atoms with Crippen molar-refractivity contribution < 1.29 is 52.8 Å². The van der Waals surface area contributed by atoms with E-state index in [-0.39, 0.29) is 30.2 Å². The zero-order valence-corrected chi connectivity index (χ0v) is 41.5. The first-order valence-electron chi connectivity index (χ1n) is 22.7. The molecule has 2 unspecified atom stereocenters. The lowest BCUT2D eigenvalue weighted by molar-refractivity contribution is -0.162. The number of halogens is 1. The van der Waals surface area contributed by atoms with Crippen LogP contribution in [0.1, 0.15) is 65.1 Å². The molecule has 3 aliphatic rings. The van der Waals surface area contributed by atoms with Gasteiger partial charge in [-0.3, -0.25) is 25.1 Å². The number of epoxide rings is 1. The molecule has 2 aromatic carbocycles. The highest BCUT2D eigenvalue weighted by Gasteiger charge is 2.64. The van der Waals surface area contributed by atoms with E-state index in [1.54, 1.807) is 52.1 Å². The molecule has 370 valence electrons. The van der Waals surface area contributed by atoms with Gasteiger partial charge in [-0.15, -0.1) is 0 Å². The van der Waals surface area contributed by atoms with Gasteiger partial charge in [-0.2, -0.15) is 0 Å². The second-order valence-corrected chi connectivity index (χ2v) is 18.7. The Morgan fingerprint density at radius 3 is 2.53 bits per heavy atom. The Kier molecular flexibility index (Phi) is 16.3. The number of aryl methyl sites for hydroxylation is 1. The first kappa shape index (κ1) is 51.9. The van der Waals surface area contributed by atoms with Crippen LogP contribution in [0.5, 0.6) is 5.75 Å². The maximum Gasteiger partial charge on any atom is 0.409 e. The lowest BCUT2D eigenvalue weighted by Gasteiger charge is -2.42. The van der Waals surface area contributed by atoms with Crippen LogP contribution in [0.15, 0.2) is 66.3 Å². The molecule has 0 spiro atoms. The number of allylic oxidation sites excluding steroid dienone is 3. The number of ether oxygens (including phenoxy) is 5. The topological polar surface area (TPSA) is 206 Å². The van der Waals surface area contributed by atoms with Gasteiger partial charge in [0, 0.05) is 64.8 Å². The summed E-state index contributed by atoms with van der Waals surface area (Å²) in [5.74, 6) is -2.45. The molecule has 2 fully saturated rings. The Bertz CT molecular complexity index is 2440. The van der Waals surface area contributed by atoms with Gasteiger partial charge >= 0.3 is 12.1 Å². The number of para-hydroxylation sites is 1. The highest BCUT2D eigenvalue weighted by Crippen LogP contribution is 2.49. The minimum Gasteiger partial charge on any atom is -0.495 e. The Balaban J connectivity index is 1.22. The molecule has 19 heteroatoms. The molecule has 4 bridgehead atoms. The third-order valence-corrected chi connectivity index (χ3v) is 13.8. The molecule has 1 aromatic heterocycles. The van der Waals surface area contributed by atoms with Crippen LogP contribution in [0.4, 0.5) is 10.5 Å². The number of hydrogen-bond acceptors (Lipinski definition) is 13. The summed E-state index contributed by atoms with van der Waals surface area (Å²) in [4.78, 5) is 71.3. The number of nitrogens with zero attached hydrogens (tertiary/aromatic N) is 4. The van der Waals surface area contributed by atoms with Crippen LogP contribution in [0.25, 0.3) is 10.9 Å². The van der Waals surface area contributed by atoms with Gasteiger partial charge in [0.1, 0.15) is 46.8 Å². The predicted octanol–water partition coefficient (Wildman–Crippen LogP) is 4.63. The van der Waals surface area contributed by atoms with Crippen molar-refractivity contribution in [1.29, 1.82) is 0 Å². The third kappa shape index (κ3) is 11.3. The average Bonchev–Trinajstić information content (AvgIpc) is 3.88. The van der Waals surface area contributed by atoms with Gasteiger partial charge in [-0.05, 0) is 76.4 Å². The molecular weight excluding hydrogens is 898 g/mol. The smallest absolute Gasteiger partial charge is 0.409 e. The quantitative estimate of drug-likeness (QED) is 0.105. The van der Waals surface area contributed by atoms with Gasteiger partial charge < -0.3 is 48.5 Å². The summed E-state index contributed by atoms with van der Waals surface area (Å²) in [7, 11) is 9.65. The molecule has 4 heterocycles. The molecule has 0 radical (unpaired) electrons.